The van der Waals surface area contributed by atoms with Crippen molar-refractivity contribution >= 4 is 28.9 Å². The molecule has 1 aliphatic rings. The number of benzene rings is 2. The summed E-state index contributed by atoms with van der Waals surface area (Å²) >= 11 is 0.980. The first-order chi connectivity index (χ1) is 16.9. The summed E-state index contributed by atoms with van der Waals surface area (Å²) in [6.07, 6.45) is -6.39. The zero-order valence-corrected chi connectivity index (χ0v) is 20.0. The van der Waals surface area contributed by atoms with E-state index in [0.29, 0.717) is 28.9 Å². The monoisotopic (exact) mass is 532 g/mol. The molecule has 1 amide bonds. The molecule has 1 fully saturated rings. The number of hydrogen-bond donors (Lipinski definition) is 1. The fourth-order valence-electron chi connectivity index (χ4n) is 3.24. The largest absolute Gasteiger partial charge is 0.493 e. The molecule has 12 heteroatoms. The topological polar surface area (TPSA) is 59.9 Å². The van der Waals surface area contributed by atoms with Crippen molar-refractivity contribution in [1.29, 1.82) is 0 Å². The maximum absolute atomic E-state index is 13.4. The third kappa shape index (κ3) is 6.96. The Bertz CT molecular complexity index is 1180. The third-order valence-electron chi connectivity index (χ3n) is 5.05. The van der Waals surface area contributed by atoms with E-state index >= 15 is 0 Å². The van der Waals surface area contributed by atoms with Gasteiger partial charge in [-0.25, -0.2) is 0 Å². The smallest absolute Gasteiger partial charge is 0.416 e. The molecule has 1 N–H and O–H groups in total. The molecule has 194 valence electrons. The fourth-order valence-corrected chi connectivity index (χ4v) is 3.99. The fraction of sp³-hybridized carbons (Fsp3) is 0.333. The first-order valence-corrected chi connectivity index (χ1v) is 11.6. The lowest BCUT2D eigenvalue weighted by Gasteiger charge is -2.17. The van der Waals surface area contributed by atoms with Crippen LogP contribution in [0.3, 0.4) is 0 Å². The number of nitrogens with zero attached hydrogens (tertiary/aromatic N) is 1. The van der Waals surface area contributed by atoms with Crippen LogP contribution >= 0.6 is 11.8 Å². The molecule has 1 aliphatic heterocycles. The highest BCUT2D eigenvalue weighted by atomic mass is 32.2. The lowest BCUT2D eigenvalue weighted by molar-refractivity contribution is -0.143. The van der Waals surface area contributed by atoms with Gasteiger partial charge >= 0.3 is 12.4 Å². The third-order valence-corrected chi connectivity index (χ3v) is 5.87. The van der Waals surface area contributed by atoms with E-state index in [-0.39, 0.29) is 22.8 Å². The highest BCUT2D eigenvalue weighted by Gasteiger charge is 2.38. The Kier molecular flexibility index (Phi) is 8.59. The van der Waals surface area contributed by atoms with Crippen LogP contribution in [0.4, 0.5) is 31.1 Å². The predicted molar refractivity (Wildman–Crippen MR) is 125 cm³/mol. The van der Waals surface area contributed by atoms with Crippen molar-refractivity contribution in [3.63, 3.8) is 0 Å². The Labute approximate surface area is 207 Å². The summed E-state index contributed by atoms with van der Waals surface area (Å²) < 4.78 is 89.6. The summed E-state index contributed by atoms with van der Waals surface area (Å²) in [7, 11) is 1.34. The number of thioether (sulfide) groups is 1. The van der Waals surface area contributed by atoms with Crippen LogP contribution in [-0.2, 0) is 19.0 Å². The number of unbranched alkanes of at least 4 members (excludes halogenated alkanes) is 1. The summed E-state index contributed by atoms with van der Waals surface area (Å²) in [6, 6.07) is 6.03. The first-order valence-electron chi connectivity index (χ1n) is 10.8. The zero-order valence-electron chi connectivity index (χ0n) is 19.2. The van der Waals surface area contributed by atoms with Crippen LogP contribution in [0.5, 0.6) is 11.5 Å². The maximum Gasteiger partial charge on any atom is 0.416 e. The lowest BCUT2D eigenvalue weighted by Crippen LogP contribution is -2.19. The lowest BCUT2D eigenvalue weighted by atomic mass is 10.0. The van der Waals surface area contributed by atoms with E-state index in [1.165, 1.54) is 13.2 Å². The number of rotatable bonds is 8. The van der Waals surface area contributed by atoms with Gasteiger partial charge in [-0.2, -0.15) is 26.3 Å². The molecule has 0 radical (unpaired) electrons. The molecule has 0 atom stereocenters. The predicted octanol–water partition coefficient (Wildman–Crippen LogP) is 7.31. The summed E-state index contributed by atoms with van der Waals surface area (Å²) in [4.78, 5) is 16.8. The minimum absolute atomic E-state index is 0.0689. The van der Waals surface area contributed by atoms with Crippen LogP contribution in [-0.4, -0.2) is 24.7 Å². The van der Waals surface area contributed by atoms with Gasteiger partial charge < -0.3 is 14.8 Å². The Balaban J connectivity index is 1.83. The highest BCUT2D eigenvalue weighted by molar-refractivity contribution is 8.18. The van der Waals surface area contributed by atoms with Gasteiger partial charge in [-0.1, -0.05) is 25.5 Å². The number of methoxy groups -OCH3 is 1. The number of ether oxygens (including phenoxy) is 2. The first kappa shape index (κ1) is 27.4. The summed E-state index contributed by atoms with van der Waals surface area (Å²) in [5.74, 6) is 0.745. The second-order valence-electron chi connectivity index (χ2n) is 7.67. The van der Waals surface area contributed by atoms with E-state index in [9.17, 15) is 31.1 Å². The second-order valence-corrected chi connectivity index (χ2v) is 8.69. The number of aliphatic imine (C=N–C) groups is 1. The number of nitrogens with one attached hydrogen (secondary N) is 1. The van der Waals surface area contributed by atoms with E-state index in [4.69, 9.17) is 9.47 Å². The number of hydrogen-bond acceptors (Lipinski definition) is 5. The quantitative estimate of drug-likeness (QED) is 0.286. The number of carbonyl (C=O) groups is 1. The Morgan fingerprint density at radius 1 is 1.03 bits per heavy atom. The van der Waals surface area contributed by atoms with Gasteiger partial charge in [0.2, 0.25) is 0 Å². The SMILES string of the molecule is CCCCN=C1NC(=O)SC1=Cc1ccc(OCc2ccc(C(F)(F)F)cc2C(F)(F)F)c(OC)c1. The maximum atomic E-state index is 13.4. The number of amidine groups is 1. The molecule has 1 saturated heterocycles. The molecule has 0 spiro atoms. The van der Waals surface area contributed by atoms with Crippen molar-refractivity contribution in [1.82, 2.24) is 5.32 Å². The summed E-state index contributed by atoms with van der Waals surface area (Å²) in [5.41, 5.74) is -2.66. The standard InChI is InChI=1S/C24H22F6N2O3S/c1-3-4-9-31-21-20(36-22(33)32-21)11-14-5-8-18(19(10-14)34-2)35-13-15-6-7-16(23(25,26)27)12-17(15)24(28,29)30/h5-8,10-12H,3-4,9,13H2,1-2H3,(H,31,32,33). The van der Waals surface area contributed by atoms with Crippen LogP contribution in [0, 0.1) is 0 Å². The molecule has 2 aromatic carbocycles. The van der Waals surface area contributed by atoms with Crippen molar-refractivity contribution in [3.05, 3.63) is 63.6 Å². The van der Waals surface area contributed by atoms with Gasteiger partial charge in [-0.15, -0.1) is 0 Å². The zero-order chi connectivity index (χ0) is 26.5. The molecule has 0 aliphatic carbocycles. The van der Waals surface area contributed by atoms with Crippen LogP contribution < -0.4 is 14.8 Å². The molecule has 0 unspecified atom stereocenters. The van der Waals surface area contributed by atoms with Gasteiger partial charge in [0.25, 0.3) is 5.24 Å². The molecule has 0 aromatic heterocycles. The van der Waals surface area contributed by atoms with Crippen LogP contribution in [0.15, 0.2) is 46.3 Å². The number of amides is 1. The molecule has 36 heavy (non-hydrogen) atoms. The van der Waals surface area contributed by atoms with E-state index < -0.39 is 35.6 Å². The van der Waals surface area contributed by atoms with E-state index in [2.05, 4.69) is 10.3 Å². The molecule has 1 heterocycles. The molecule has 0 saturated carbocycles. The Morgan fingerprint density at radius 3 is 2.42 bits per heavy atom. The van der Waals surface area contributed by atoms with Gasteiger partial charge in [0, 0.05) is 12.1 Å². The van der Waals surface area contributed by atoms with E-state index in [0.717, 1.165) is 30.7 Å². The Hall–Kier alpha value is -3.15. The van der Waals surface area contributed by atoms with Gasteiger partial charge in [-0.3, -0.25) is 9.79 Å². The van der Waals surface area contributed by atoms with Crippen LogP contribution in [0.25, 0.3) is 6.08 Å². The minimum Gasteiger partial charge on any atom is -0.493 e. The molecular weight excluding hydrogens is 510 g/mol. The van der Waals surface area contributed by atoms with Crippen molar-refractivity contribution < 1.29 is 40.6 Å². The number of carbonyl (C=O) groups excluding carboxylic acids is 1. The van der Waals surface area contributed by atoms with E-state index in [1.54, 1.807) is 18.2 Å². The van der Waals surface area contributed by atoms with Crippen molar-refractivity contribution in [2.75, 3.05) is 13.7 Å². The minimum atomic E-state index is -5.00. The number of alkyl halides is 6. The molecule has 5 nitrogen and oxygen atoms in total. The molecular formula is C24H22F6N2O3S. The van der Waals surface area contributed by atoms with Gasteiger partial charge in [-0.05, 0) is 54.1 Å². The highest BCUT2D eigenvalue weighted by Crippen LogP contribution is 2.38. The normalized spacial score (nSPS) is 16.5. The van der Waals surface area contributed by atoms with Gasteiger partial charge in [0.05, 0.1) is 23.1 Å². The average molecular weight is 533 g/mol. The van der Waals surface area contributed by atoms with Crippen molar-refractivity contribution in [3.8, 4) is 11.5 Å². The summed E-state index contributed by atoms with van der Waals surface area (Å²) in [6.45, 7) is 1.95. The van der Waals surface area contributed by atoms with Gasteiger partial charge in [0.1, 0.15) is 12.4 Å². The van der Waals surface area contributed by atoms with E-state index in [1.807, 2.05) is 6.92 Å². The van der Waals surface area contributed by atoms with Crippen LogP contribution in [0.2, 0.25) is 0 Å². The molecule has 3 rings (SSSR count). The van der Waals surface area contributed by atoms with Gasteiger partial charge in [0.15, 0.2) is 11.5 Å². The van der Waals surface area contributed by atoms with Crippen LogP contribution in [0.1, 0.15) is 42.0 Å². The Morgan fingerprint density at radius 2 is 1.78 bits per heavy atom. The molecule has 0 bridgehead atoms. The van der Waals surface area contributed by atoms with Crippen molar-refractivity contribution in [2.24, 2.45) is 4.99 Å². The van der Waals surface area contributed by atoms with Crippen molar-refractivity contribution in [2.45, 2.75) is 38.7 Å². The summed E-state index contributed by atoms with van der Waals surface area (Å²) in [5, 5.41) is 2.42. The molecule has 2 aromatic rings. The number of halogens is 6. The second kappa shape index (κ2) is 11.3. The average Bonchev–Trinajstić information content (AvgIpc) is 3.15.